The van der Waals surface area contributed by atoms with Crippen LogP contribution in [0.1, 0.15) is 47.6 Å². The van der Waals surface area contributed by atoms with Crippen molar-refractivity contribution in [3.05, 3.63) is 33.8 Å². The number of primary amides is 1. The lowest BCUT2D eigenvalue weighted by molar-refractivity contribution is 0.1000. The summed E-state index contributed by atoms with van der Waals surface area (Å²) in [4.78, 5) is 11.9. The fourth-order valence-electron chi connectivity index (χ4n) is 2.96. The molecule has 0 aromatic carbocycles. The molecular weight excluding hydrogens is 256 g/mol. The van der Waals surface area contributed by atoms with Crippen LogP contribution in [-0.4, -0.2) is 10.5 Å². The molecule has 1 fully saturated rings. The van der Waals surface area contributed by atoms with Gasteiger partial charge in [0.25, 0.3) is 5.91 Å². The summed E-state index contributed by atoms with van der Waals surface area (Å²) in [7, 11) is 0. The van der Waals surface area contributed by atoms with E-state index in [1.54, 1.807) is 11.3 Å². The molecule has 1 aliphatic rings. The maximum Gasteiger partial charge on any atom is 0.251 e. The van der Waals surface area contributed by atoms with Crippen molar-refractivity contribution in [2.75, 3.05) is 0 Å². The molecule has 100 valence electrons. The molecule has 19 heavy (non-hydrogen) atoms. The summed E-state index contributed by atoms with van der Waals surface area (Å²) in [5.74, 6) is -0.312. The van der Waals surface area contributed by atoms with Crippen molar-refractivity contribution in [3.63, 3.8) is 0 Å². The lowest BCUT2D eigenvalue weighted by Crippen LogP contribution is -2.13. The van der Waals surface area contributed by atoms with Crippen molar-refractivity contribution in [1.82, 2.24) is 4.57 Å². The predicted molar refractivity (Wildman–Crippen MR) is 78.6 cm³/mol. The molecule has 3 nitrogen and oxygen atoms in total. The summed E-state index contributed by atoms with van der Waals surface area (Å²) in [6, 6.07) is 2.64. The molecule has 0 radical (unpaired) electrons. The summed E-state index contributed by atoms with van der Waals surface area (Å²) in [5.41, 5.74) is 10.8. The fraction of sp³-hybridized carbons (Fsp3) is 0.400. The van der Waals surface area contributed by atoms with E-state index in [0.717, 1.165) is 23.2 Å². The van der Waals surface area contributed by atoms with Crippen LogP contribution >= 0.6 is 11.3 Å². The number of amides is 1. The normalized spacial score (nSPS) is 14.8. The molecule has 1 aliphatic carbocycles. The van der Waals surface area contributed by atoms with Crippen LogP contribution in [0.25, 0.3) is 11.1 Å². The summed E-state index contributed by atoms with van der Waals surface area (Å²) in [6.07, 6.45) is 3.35. The minimum Gasteiger partial charge on any atom is -0.366 e. The molecule has 2 aromatic heterocycles. The van der Waals surface area contributed by atoms with Gasteiger partial charge in [-0.2, -0.15) is 11.3 Å². The third-order valence-electron chi connectivity index (χ3n) is 3.86. The Morgan fingerprint density at radius 3 is 2.74 bits per heavy atom. The van der Waals surface area contributed by atoms with Crippen LogP contribution in [0.2, 0.25) is 0 Å². The Labute approximate surface area is 117 Å². The van der Waals surface area contributed by atoms with E-state index in [1.165, 1.54) is 18.5 Å². The van der Waals surface area contributed by atoms with Gasteiger partial charge in [0, 0.05) is 23.0 Å². The quantitative estimate of drug-likeness (QED) is 0.911. The molecule has 2 aromatic rings. The first-order valence-corrected chi connectivity index (χ1v) is 7.65. The lowest BCUT2D eigenvalue weighted by Gasteiger charge is -2.09. The summed E-state index contributed by atoms with van der Waals surface area (Å²) < 4.78 is 2.34. The van der Waals surface area contributed by atoms with Crippen molar-refractivity contribution < 1.29 is 4.79 Å². The number of carbonyl (C=O) groups is 1. The van der Waals surface area contributed by atoms with Crippen LogP contribution in [-0.2, 0) is 6.42 Å². The summed E-state index contributed by atoms with van der Waals surface area (Å²) in [5, 5.41) is 4.14. The lowest BCUT2D eigenvalue weighted by atomic mass is 10.0. The van der Waals surface area contributed by atoms with Crippen LogP contribution in [0.15, 0.2) is 16.8 Å². The average Bonchev–Trinajstić information content (AvgIpc) is 2.97. The molecule has 0 aliphatic heterocycles. The van der Waals surface area contributed by atoms with Gasteiger partial charge in [0.15, 0.2) is 0 Å². The standard InChI is InChI=1S/C15H18N2OS/c1-3-12-14(10-6-7-19-8-10)13(15(16)18)9(2)17(12)11-4-5-11/h6-8,11H,3-5H2,1-2H3,(H2,16,18). The van der Waals surface area contributed by atoms with E-state index >= 15 is 0 Å². The highest BCUT2D eigenvalue weighted by Gasteiger charge is 2.32. The zero-order valence-corrected chi connectivity index (χ0v) is 12.1. The van der Waals surface area contributed by atoms with E-state index in [4.69, 9.17) is 5.73 Å². The van der Waals surface area contributed by atoms with Gasteiger partial charge in [0.1, 0.15) is 0 Å². The van der Waals surface area contributed by atoms with Crippen molar-refractivity contribution in [2.24, 2.45) is 5.73 Å². The first kappa shape index (κ1) is 12.5. The highest BCUT2D eigenvalue weighted by Crippen LogP contribution is 2.43. The number of rotatable bonds is 4. The molecule has 0 unspecified atom stereocenters. The first-order chi connectivity index (χ1) is 9.15. The van der Waals surface area contributed by atoms with Crippen LogP contribution in [0.4, 0.5) is 0 Å². The van der Waals surface area contributed by atoms with Gasteiger partial charge in [-0.05, 0) is 48.6 Å². The first-order valence-electron chi connectivity index (χ1n) is 6.71. The molecule has 0 saturated heterocycles. The van der Waals surface area contributed by atoms with Gasteiger partial charge in [-0.1, -0.05) is 6.92 Å². The summed E-state index contributed by atoms with van der Waals surface area (Å²) >= 11 is 1.65. The van der Waals surface area contributed by atoms with E-state index in [0.29, 0.717) is 11.6 Å². The minimum atomic E-state index is -0.312. The monoisotopic (exact) mass is 274 g/mol. The molecule has 1 amide bonds. The van der Waals surface area contributed by atoms with E-state index in [2.05, 4.69) is 22.9 Å². The maximum atomic E-state index is 11.9. The number of nitrogens with zero attached hydrogens (tertiary/aromatic N) is 1. The second kappa shape index (κ2) is 4.53. The Kier molecular flexibility index (Phi) is 2.97. The van der Waals surface area contributed by atoms with Crippen molar-refractivity contribution in [1.29, 1.82) is 0 Å². The third kappa shape index (κ3) is 1.91. The van der Waals surface area contributed by atoms with E-state index in [1.807, 2.05) is 12.3 Å². The molecule has 2 N–H and O–H groups in total. The molecule has 2 heterocycles. The zero-order chi connectivity index (χ0) is 13.6. The van der Waals surface area contributed by atoms with Crippen LogP contribution in [0.3, 0.4) is 0 Å². The zero-order valence-electron chi connectivity index (χ0n) is 11.3. The van der Waals surface area contributed by atoms with E-state index in [9.17, 15) is 4.79 Å². The molecule has 0 bridgehead atoms. The van der Waals surface area contributed by atoms with Crippen molar-refractivity contribution >= 4 is 17.2 Å². The number of hydrogen-bond acceptors (Lipinski definition) is 2. The molecule has 1 saturated carbocycles. The topological polar surface area (TPSA) is 48.0 Å². The molecule has 0 spiro atoms. The number of hydrogen-bond donors (Lipinski definition) is 1. The minimum absolute atomic E-state index is 0.312. The Morgan fingerprint density at radius 2 is 2.26 bits per heavy atom. The maximum absolute atomic E-state index is 11.9. The average molecular weight is 274 g/mol. The van der Waals surface area contributed by atoms with E-state index in [-0.39, 0.29) is 5.91 Å². The molecule has 0 atom stereocenters. The van der Waals surface area contributed by atoms with E-state index < -0.39 is 0 Å². The second-order valence-corrected chi connectivity index (χ2v) is 5.89. The predicted octanol–water partition coefficient (Wildman–Crippen LogP) is 3.52. The summed E-state index contributed by atoms with van der Waals surface area (Å²) in [6.45, 7) is 4.17. The molecule has 4 heteroatoms. The van der Waals surface area contributed by atoms with Crippen LogP contribution in [0, 0.1) is 6.92 Å². The highest BCUT2D eigenvalue weighted by molar-refractivity contribution is 7.08. The number of nitrogens with two attached hydrogens (primary N) is 1. The Bertz CT molecular complexity index is 621. The number of thiophene rings is 1. The Balaban J connectivity index is 2.31. The smallest absolute Gasteiger partial charge is 0.251 e. The fourth-order valence-corrected chi connectivity index (χ4v) is 3.61. The van der Waals surface area contributed by atoms with Gasteiger partial charge in [0.2, 0.25) is 0 Å². The second-order valence-electron chi connectivity index (χ2n) is 5.11. The largest absolute Gasteiger partial charge is 0.366 e. The van der Waals surface area contributed by atoms with Gasteiger partial charge in [0.05, 0.1) is 5.56 Å². The highest BCUT2D eigenvalue weighted by atomic mass is 32.1. The number of aromatic nitrogens is 1. The van der Waals surface area contributed by atoms with Gasteiger partial charge in [-0.15, -0.1) is 0 Å². The van der Waals surface area contributed by atoms with Gasteiger partial charge >= 0.3 is 0 Å². The van der Waals surface area contributed by atoms with Gasteiger partial charge in [-0.3, -0.25) is 4.79 Å². The Morgan fingerprint density at radius 1 is 1.53 bits per heavy atom. The SMILES string of the molecule is CCc1c(-c2ccsc2)c(C(N)=O)c(C)n1C1CC1. The van der Waals surface area contributed by atoms with Gasteiger partial charge < -0.3 is 10.3 Å². The van der Waals surface area contributed by atoms with Crippen molar-refractivity contribution in [2.45, 2.75) is 39.2 Å². The Hall–Kier alpha value is -1.55. The van der Waals surface area contributed by atoms with Crippen LogP contribution < -0.4 is 5.73 Å². The number of carbonyl (C=O) groups excluding carboxylic acids is 1. The third-order valence-corrected chi connectivity index (χ3v) is 4.54. The van der Waals surface area contributed by atoms with Crippen molar-refractivity contribution in [3.8, 4) is 11.1 Å². The van der Waals surface area contributed by atoms with Crippen LogP contribution in [0.5, 0.6) is 0 Å². The molecular formula is C15H18N2OS. The molecule has 3 rings (SSSR count). The van der Waals surface area contributed by atoms with Gasteiger partial charge in [-0.25, -0.2) is 0 Å².